The van der Waals surface area contributed by atoms with Crippen LogP contribution in [-0.2, 0) is 0 Å². The third-order valence-electron chi connectivity index (χ3n) is 3.08. The Morgan fingerprint density at radius 2 is 1.95 bits per heavy atom. The predicted octanol–water partition coefficient (Wildman–Crippen LogP) is 3.81. The van der Waals surface area contributed by atoms with Crippen LogP contribution in [0.15, 0.2) is 48.8 Å². The van der Waals surface area contributed by atoms with Gasteiger partial charge in [-0.3, -0.25) is 4.98 Å². The first-order chi connectivity index (χ1) is 9.68. The zero-order valence-corrected chi connectivity index (χ0v) is 11.5. The minimum atomic E-state index is 0.423. The Kier molecular flexibility index (Phi) is 3.16. The van der Waals surface area contributed by atoms with Gasteiger partial charge < -0.3 is 5.21 Å². The molecule has 0 bridgehead atoms. The van der Waals surface area contributed by atoms with E-state index in [2.05, 4.69) is 9.97 Å². The molecule has 5 heteroatoms. The van der Waals surface area contributed by atoms with Crippen LogP contribution in [-0.4, -0.2) is 19.9 Å². The van der Waals surface area contributed by atoms with Crippen molar-refractivity contribution in [2.24, 2.45) is 0 Å². The highest BCUT2D eigenvalue weighted by Gasteiger charge is 2.18. The van der Waals surface area contributed by atoms with E-state index in [1.165, 1.54) is 0 Å². The number of aryl methyl sites for hydroxylation is 1. The van der Waals surface area contributed by atoms with Crippen LogP contribution in [0.2, 0.25) is 5.02 Å². The smallest absolute Gasteiger partial charge is 0.177 e. The molecule has 0 fully saturated rings. The lowest BCUT2D eigenvalue weighted by Crippen LogP contribution is -1.97. The van der Waals surface area contributed by atoms with Crippen LogP contribution in [0.1, 0.15) is 5.69 Å². The van der Waals surface area contributed by atoms with Crippen molar-refractivity contribution in [2.75, 3.05) is 0 Å². The van der Waals surface area contributed by atoms with Crippen LogP contribution in [0.5, 0.6) is 0 Å². The van der Waals surface area contributed by atoms with Crippen molar-refractivity contribution in [2.45, 2.75) is 6.92 Å². The molecule has 0 aliphatic heterocycles. The summed E-state index contributed by atoms with van der Waals surface area (Å²) in [5.74, 6) is 0.423. The quantitative estimate of drug-likeness (QED) is 0.728. The summed E-state index contributed by atoms with van der Waals surface area (Å²) >= 11 is 6.16. The number of benzene rings is 1. The van der Waals surface area contributed by atoms with Crippen molar-refractivity contribution < 1.29 is 5.21 Å². The van der Waals surface area contributed by atoms with Gasteiger partial charge in [-0.15, -0.1) is 0 Å². The van der Waals surface area contributed by atoms with Gasteiger partial charge in [0.2, 0.25) is 0 Å². The van der Waals surface area contributed by atoms with Crippen molar-refractivity contribution in [3.63, 3.8) is 0 Å². The molecule has 0 spiro atoms. The minimum Gasteiger partial charge on any atom is -0.426 e. The highest BCUT2D eigenvalue weighted by molar-refractivity contribution is 6.33. The first-order valence-electron chi connectivity index (χ1n) is 6.12. The summed E-state index contributed by atoms with van der Waals surface area (Å²) in [5, 5.41) is 11.0. The second-order valence-electron chi connectivity index (χ2n) is 4.40. The van der Waals surface area contributed by atoms with Gasteiger partial charge in [0.05, 0.1) is 10.7 Å². The fraction of sp³-hybridized carbons (Fsp3) is 0.0667. The number of halogens is 1. The molecule has 1 aromatic carbocycles. The molecule has 100 valence electrons. The van der Waals surface area contributed by atoms with Crippen molar-refractivity contribution in [3.8, 4) is 22.6 Å². The molecular formula is C15H12ClN3O. The molecule has 0 aliphatic carbocycles. The van der Waals surface area contributed by atoms with Crippen LogP contribution in [0, 0.1) is 6.92 Å². The lowest BCUT2D eigenvalue weighted by Gasteiger charge is -2.05. The standard InChI is InChI=1S/C15H12ClN3O/c1-10-14(11-5-4-8-17-9-11)19(20)15(18-10)12-6-2-3-7-13(12)16/h2-9,20H,1H3. The summed E-state index contributed by atoms with van der Waals surface area (Å²) < 4.78 is 1.06. The van der Waals surface area contributed by atoms with Gasteiger partial charge in [0.15, 0.2) is 5.82 Å². The Hall–Kier alpha value is -2.33. The van der Waals surface area contributed by atoms with Gasteiger partial charge in [-0.05, 0) is 31.2 Å². The molecule has 2 aromatic heterocycles. The molecule has 0 unspecified atom stereocenters. The summed E-state index contributed by atoms with van der Waals surface area (Å²) in [4.78, 5) is 8.48. The van der Waals surface area contributed by atoms with E-state index in [9.17, 15) is 5.21 Å². The zero-order chi connectivity index (χ0) is 14.1. The number of rotatable bonds is 2. The molecule has 0 saturated heterocycles. The highest BCUT2D eigenvalue weighted by Crippen LogP contribution is 2.31. The maximum absolute atomic E-state index is 10.4. The van der Waals surface area contributed by atoms with Crippen molar-refractivity contribution in [1.82, 2.24) is 14.7 Å². The van der Waals surface area contributed by atoms with Crippen molar-refractivity contribution in [1.29, 1.82) is 0 Å². The second kappa shape index (κ2) is 4.98. The van der Waals surface area contributed by atoms with Crippen LogP contribution >= 0.6 is 11.6 Å². The SMILES string of the molecule is Cc1nc(-c2ccccc2Cl)n(O)c1-c1cccnc1. The fourth-order valence-corrected chi connectivity index (χ4v) is 2.39. The summed E-state index contributed by atoms with van der Waals surface area (Å²) in [6.07, 6.45) is 3.37. The van der Waals surface area contributed by atoms with E-state index in [1.54, 1.807) is 18.5 Å². The second-order valence-corrected chi connectivity index (χ2v) is 4.81. The molecule has 3 rings (SSSR count). The van der Waals surface area contributed by atoms with Gasteiger partial charge in [-0.2, -0.15) is 4.73 Å². The first-order valence-corrected chi connectivity index (χ1v) is 6.50. The maximum Gasteiger partial charge on any atom is 0.177 e. The number of nitrogens with zero attached hydrogens (tertiary/aromatic N) is 3. The Labute approximate surface area is 121 Å². The van der Waals surface area contributed by atoms with E-state index in [0.29, 0.717) is 22.1 Å². The van der Waals surface area contributed by atoms with E-state index < -0.39 is 0 Å². The molecule has 4 nitrogen and oxygen atoms in total. The van der Waals surface area contributed by atoms with E-state index in [4.69, 9.17) is 11.6 Å². The molecular weight excluding hydrogens is 274 g/mol. The lowest BCUT2D eigenvalue weighted by atomic mass is 10.2. The third kappa shape index (κ3) is 2.04. The first kappa shape index (κ1) is 12.7. The molecule has 3 aromatic rings. The fourth-order valence-electron chi connectivity index (χ4n) is 2.17. The average molecular weight is 286 g/mol. The normalized spacial score (nSPS) is 10.7. The monoisotopic (exact) mass is 285 g/mol. The van der Waals surface area contributed by atoms with E-state index in [-0.39, 0.29) is 0 Å². The van der Waals surface area contributed by atoms with Crippen LogP contribution in [0.3, 0.4) is 0 Å². The summed E-state index contributed by atoms with van der Waals surface area (Å²) in [5.41, 5.74) is 2.83. The Morgan fingerprint density at radius 3 is 2.65 bits per heavy atom. The molecule has 0 amide bonds. The molecule has 0 atom stereocenters. The van der Waals surface area contributed by atoms with Crippen molar-refractivity contribution in [3.05, 3.63) is 59.5 Å². The molecule has 0 aliphatic rings. The van der Waals surface area contributed by atoms with Crippen molar-refractivity contribution >= 4 is 11.6 Å². The van der Waals surface area contributed by atoms with Gasteiger partial charge in [0.25, 0.3) is 0 Å². The van der Waals surface area contributed by atoms with Gasteiger partial charge in [0, 0.05) is 23.5 Å². The maximum atomic E-state index is 10.4. The number of hydrogen-bond acceptors (Lipinski definition) is 3. The van der Waals surface area contributed by atoms with Crippen LogP contribution in [0.4, 0.5) is 0 Å². The average Bonchev–Trinajstić information content (AvgIpc) is 2.75. The molecule has 2 heterocycles. The molecule has 0 radical (unpaired) electrons. The van der Waals surface area contributed by atoms with E-state index in [0.717, 1.165) is 16.0 Å². The number of aromatic nitrogens is 3. The van der Waals surface area contributed by atoms with Gasteiger partial charge >= 0.3 is 0 Å². The van der Waals surface area contributed by atoms with Crippen LogP contribution < -0.4 is 0 Å². The Morgan fingerprint density at radius 1 is 1.15 bits per heavy atom. The Balaban J connectivity index is 2.20. The lowest BCUT2D eigenvalue weighted by molar-refractivity contribution is 0.195. The highest BCUT2D eigenvalue weighted by atomic mass is 35.5. The predicted molar refractivity (Wildman–Crippen MR) is 77.8 cm³/mol. The third-order valence-corrected chi connectivity index (χ3v) is 3.41. The summed E-state index contributed by atoms with van der Waals surface area (Å²) in [7, 11) is 0. The summed E-state index contributed by atoms with van der Waals surface area (Å²) in [6, 6.07) is 11.0. The Bertz CT molecular complexity index is 753. The number of imidazole rings is 1. The number of hydrogen-bond donors (Lipinski definition) is 1. The van der Waals surface area contributed by atoms with Crippen LogP contribution in [0.25, 0.3) is 22.6 Å². The van der Waals surface area contributed by atoms with Gasteiger partial charge in [-0.1, -0.05) is 23.7 Å². The minimum absolute atomic E-state index is 0.423. The van der Waals surface area contributed by atoms with E-state index >= 15 is 0 Å². The number of pyridine rings is 1. The molecule has 1 N–H and O–H groups in total. The van der Waals surface area contributed by atoms with Gasteiger partial charge in [-0.25, -0.2) is 4.98 Å². The topological polar surface area (TPSA) is 50.9 Å². The molecule has 20 heavy (non-hydrogen) atoms. The summed E-state index contributed by atoms with van der Waals surface area (Å²) in [6.45, 7) is 1.84. The largest absolute Gasteiger partial charge is 0.426 e. The molecule has 0 saturated carbocycles. The van der Waals surface area contributed by atoms with E-state index in [1.807, 2.05) is 37.3 Å². The zero-order valence-electron chi connectivity index (χ0n) is 10.8. The van der Waals surface area contributed by atoms with Gasteiger partial charge in [0.1, 0.15) is 5.69 Å².